The summed E-state index contributed by atoms with van der Waals surface area (Å²) < 4.78 is 0. The van der Waals surface area contributed by atoms with E-state index in [2.05, 4.69) is 16.8 Å². The Morgan fingerprint density at radius 2 is 2.38 bits per heavy atom. The Morgan fingerprint density at radius 1 is 1.50 bits per heavy atom. The van der Waals surface area contributed by atoms with Gasteiger partial charge in [0, 0.05) is 31.1 Å². The fraction of sp³-hybridized carbons (Fsp3) is 0.583. The molecular formula is C12H16N2OS. The minimum Gasteiger partial charge on any atom is -0.334 e. The van der Waals surface area contributed by atoms with E-state index in [1.807, 2.05) is 16.8 Å². The molecule has 0 N–H and O–H groups in total. The van der Waals surface area contributed by atoms with E-state index < -0.39 is 0 Å². The number of nitrogens with zero attached hydrogens (tertiary/aromatic N) is 2. The number of thiophene rings is 1. The molecule has 0 bridgehead atoms. The molecule has 0 unspecified atom stereocenters. The highest BCUT2D eigenvalue weighted by Crippen LogP contribution is 2.31. The maximum absolute atomic E-state index is 12.3. The molecule has 3 heterocycles. The van der Waals surface area contributed by atoms with Crippen LogP contribution in [0.5, 0.6) is 0 Å². The highest BCUT2D eigenvalue weighted by atomic mass is 32.1. The first-order valence-corrected chi connectivity index (χ1v) is 6.71. The topological polar surface area (TPSA) is 23.6 Å². The van der Waals surface area contributed by atoms with Crippen molar-refractivity contribution in [3.8, 4) is 0 Å². The van der Waals surface area contributed by atoms with Crippen LogP contribution in [0.3, 0.4) is 0 Å². The molecule has 2 saturated heterocycles. The molecule has 0 saturated carbocycles. The monoisotopic (exact) mass is 236 g/mol. The smallest absolute Gasteiger partial charge is 0.255 e. The molecule has 16 heavy (non-hydrogen) atoms. The van der Waals surface area contributed by atoms with E-state index in [0.717, 1.165) is 25.2 Å². The molecule has 2 aliphatic rings. The third-order valence-corrected chi connectivity index (χ3v) is 4.44. The summed E-state index contributed by atoms with van der Waals surface area (Å²) in [5, 5.41) is 3.93. The molecule has 0 aromatic carbocycles. The van der Waals surface area contributed by atoms with Crippen molar-refractivity contribution in [1.29, 1.82) is 0 Å². The average Bonchev–Trinajstić information content (AvgIpc) is 2.90. The molecule has 1 aromatic rings. The maximum Gasteiger partial charge on any atom is 0.255 e. The van der Waals surface area contributed by atoms with E-state index in [0.29, 0.717) is 12.0 Å². The van der Waals surface area contributed by atoms with Gasteiger partial charge in [-0.15, -0.1) is 0 Å². The van der Waals surface area contributed by atoms with Crippen LogP contribution in [-0.2, 0) is 0 Å². The van der Waals surface area contributed by atoms with Crippen molar-refractivity contribution in [2.75, 3.05) is 26.7 Å². The second-order valence-corrected chi connectivity index (χ2v) is 5.63. The molecule has 3 rings (SSSR count). The Balaban J connectivity index is 1.79. The molecule has 4 heteroatoms. The van der Waals surface area contributed by atoms with Crippen LogP contribution >= 0.6 is 11.3 Å². The highest BCUT2D eigenvalue weighted by Gasteiger charge is 2.42. The first-order chi connectivity index (χ1) is 7.75. The van der Waals surface area contributed by atoms with Gasteiger partial charge in [-0.3, -0.25) is 4.79 Å². The third kappa shape index (κ3) is 1.57. The molecule has 1 amide bonds. The van der Waals surface area contributed by atoms with Crippen molar-refractivity contribution in [2.45, 2.75) is 12.5 Å². The Morgan fingerprint density at radius 3 is 3.12 bits per heavy atom. The molecule has 3 nitrogen and oxygen atoms in total. The van der Waals surface area contributed by atoms with Crippen LogP contribution in [0.4, 0.5) is 0 Å². The van der Waals surface area contributed by atoms with Crippen LogP contribution < -0.4 is 0 Å². The Kier molecular flexibility index (Phi) is 2.48. The molecule has 0 spiro atoms. The summed E-state index contributed by atoms with van der Waals surface area (Å²) >= 11 is 1.59. The lowest BCUT2D eigenvalue weighted by Gasteiger charge is -2.23. The van der Waals surface area contributed by atoms with Crippen molar-refractivity contribution in [3.05, 3.63) is 22.4 Å². The number of rotatable bonds is 1. The number of hydrogen-bond donors (Lipinski definition) is 0. The van der Waals surface area contributed by atoms with Gasteiger partial charge in [0.1, 0.15) is 0 Å². The number of likely N-dealkylation sites (tertiary alicyclic amines) is 2. The van der Waals surface area contributed by atoms with Crippen LogP contribution in [0.2, 0.25) is 0 Å². The van der Waals surface area contributed by atoms with Crippen LogP contribution in [0, 0.1) is 5.92 Å². The molecular weight excluding hydrogens is 220 g/mol. The van der Waals surface area contributed by atoms with Crippen LogP contribution in [-0.4, -0.2) is 48.4 Å². The maximum atomic E-state index is 12.3. The standard InChI is InChI=1S/C12H16N2OS/c1-13-6-9-2-4-14(11(9)7-13)12(15)10-3-5-16-8-10/h3,5,8-9,11H,2,4,6-7H2,1H3/t9-,11-/m1/s1. The minimum absolute atomic E-state index is 0.226. The predicted octanol–water partition coefficient (Wildman–Crippen LogP) is 1.52. The van der Waals surface area contributed by atoms with Gasteiger partial charge in [-0.25, -0.2) is 0 Å². The first-order valence-electron chi connectivity index (χ1n) is 5.77. The summed E-state index contributed by atoms with van der Waals surface area (Å²) in [6, 6.07) is 2.39. The van der Waals surface area contributed by atoms with Crippen molar-refractivity contribution in [2.24, 2.45) is 5.92 Å². The summed E-state index contributed by atoms with van der Waals surface area (Å²) in [5.41, 5.74) is 0.861. The van der Waals surface area contributed by atoms with Gasteiger partial charge in [-0.1, -0.05) is 0 Å². The van der Waals surface area contributed by atoms with Gasteiger partial charge in [0.25, 0.3) is 5.91 Å². The zero-order chi connectivity index (χ0) is 11.1. The van der Waals surface area contributed by atoms with Crippen LogP contribution in [0.1, 0.15) is 16.8 Å². The zero-order valence-electron chi connectivity index (χ0n) is 9.43. The molecule has 0 radical (unpaired) electrons. The van der Waals surface area contributed by atoms with Crippen molar-refractivity contribution in [1.82, 2.24) is 9.80 Å². The van der Waals surface area contributed by atoms with E-state index in [1.165, 1.54) is 6.42 Å². The van der Waals surface area contributed by atoms with Gasteiger partial charge in [-0.2, -0.15) is 11.3 Å². The highest BCUT2D eigenvalue weighted by molar-refractivity contribution is 7.08. The number of carbonyl (C=O) groups excluding carboxylic acids is 1. The van der Waals surface area contributed by atoms with Gasteiger partial charge in [0.05, 0.1) is 5.56 Å². The molecule has 2 atom stereocenters. The number of carbonyl (C=O) groups is 1. The number of fused-ring (bicyclic) bond motifs is 1. The van der Waals surface area contributed by atoms with Gasteiger partial charge in [0.15, 0.2) is 0 Å². The van der Waals surface area contributed by atoms with Crippen LogP contribution in [0.25, 0.3) is 0 Å². The van der Waals surface area contributed by atoms with Crippen molar-refractivity contribution < 1.29 is 4.79 Å². The summed E-state index contributed by atoms with van der Waals surface area (Å²) in [4.78, 5) is 16.7. The van der Waals surface area contributed by atoms with Gasteiger partial charge in [-0.05, 0) is 30.8 Å². The lowest BCUT2D eigenvalue weighted by molar-refractivity contribution is 0.0730. The molecule has 2 aliphatic heterocycles. The number of likely N-dealkylation sites (N-methyl/N-ethyl adjacent to an activating group) is 1. The Hall–Kier alpha value is -0.870. The predicted molar refractivity (Wildman–Crippen MR) is 64.7 cm³/mol. The molecule has 0 aliphatic carbocycles. The normalized spacial score (nSPS) is 29.7. The first kappa shape index (κ1) is 10.3. The Labute approximate surface area is 99.7 Å². The second kappa shape index (κ2) is 3.86. The molecule has 86 valence electrons. The fourth-order valence-corrected chi connectivity index (χ4v) is 3.61. The largest absolute Gasteiger partial charge is 0.334 e. The van der Waals surface area contributed by atoms with Crippen LogP contribution in [0.15, 0.2) is 16.8 Å². The zero-order valence-corrected chi connectivity index (χ0v) is 10.2. The summed E-state index contributed by atoms with van der Waals surface area (Å²) in [6.07, 6.45) is 1.17. The SMILES string of the molecule is CN1C[C@H]2CCN(C(=O)c3ccsc3)[C@@H]2C1. The lowest BCUT2D eigenvalue weighted by atomic mass is 10.1. The van der Waals surface area contributed by atoms with Crippen molar-refractivity contribution >= 4 is 17.2 Å². The van der Waals surface area contributed by atoms with Gasteiger partial charge in [0.2, 0.25) is 0 Å². The second-order valence-electron chi connectivity index (χ2n) is 4.85. The third-order valence-electron chi connectivity index (χ3n) is 3.76. The summed E-state index contributed by atoms with van der Waals surface area (Å²) in [5.74, 6) is 0.927. The minimum atomic E-state index is 0.226. The summed E-state index contributed by atoms with van der Waals surface area (Å²) in [6.45, 7) is 3.14. The van der Waals surface area contributed by atoms with E-state index in [9.17, 15) is 4.79 Å². The summed E-state index contributed by atoms with van der Waals surface area (Å²) in [7, 11) is 2.14. The number of hydrogen-bond acceptors (Lipinski definition) is 3. The average molecular weight is 236 g/mol. The fourth-order valence-electron chi connectivity index (χ4n) is 2.98. The van der Waals surface area contributed by atoms with E-state index in [1.54, 1.807) is 11.3 Å². The van der Waals surface area contributed by atoms with Gasteiger partial charge >= 0.3 is 0 Å². The van der Waals surface area contributed by atoms with Gasteiger partial charge < -0.3 is 9.80 Å². The van der Waals surface area contributed by atoms with Crippen molar-refractivity contribution in [3.63, 3.8) is 0 Å². The molecule has 2 fully saturated rings. The Bertz CT molecular complexity index is 390. The van der Waals surface area contributed by atoms with E-state index in [-0.39, 0.29) is 5.91 Å². The quantitative estimate of drug-likeness (QED) is 0.738. The number of amides is 1. The van der Waals surface area contributed by atoms with E-state index >= 15 is 0 Å². The molecule has 1 aromatic heterocycles. The van der Waals surface area contributed by atoms with E-state index in [4.69, 9.17) is 0 Å². The lowest BCUT2D eigenvalue weighted by Crippen LogP contribution is -2.39.